The summed E-state index contributed by atoms with van der Waals surface area (Å²) in [4.78, 5) is 0. The molecule has 1 heterocycles. The predicted octanol–water partition coefficient (Wildman–Crippen LogP) is 7.75. The minimum atomic E-state index is 0.132. The topological polar surface area (TPSA) is 13.1 Å². The molecule has 0 N–H and O–H groups in total. The third-order valence-electron chi connectivity index (χ3n) is 9.02. The first-order valence-electron chi connectivity index (χ1n) is 10.8. The van der Waals surface area contributed by atoms with Gasteiger partial charge in [-0.05, 0) is 62.3 Å². The second-order valence-corrected chi connectivity index (χ2v) is 10.7. The molecule has 4 aromatic rings. The summed E-state index contributed by atoms with van der Waals surface area (Å²) in [5, 5.41) is 2.45. The van der Waals surface area contributed by atoms with Crippen molar-refractivity contribution in [3.05, 3.63) is 70.8 Å². The minimum absolute atomic E-state index is 0.132. The molecule has 0 unspecified atom stereocenters. The molecule has 0 aliphatic heterocycles. The van der Waals surface area contributed by atoms with Gasteiger partial charge in [-0.2, -0.15) is 0 Å². The molecule has 0 fully saturated rings. The average molecular weight is 381 g/mol. The van der Waals surface area contributed by atoms with Gasteiger partial charge in [-0.25, -0.2) is 0 Å². The van der Waals surface area contributed by atoms with Gasteiger partial charge in [0.2, 0.25) is 0 Å². The number of fused-ring (bicyclic) bond motifs is 8. The number of hydrogen-bond acceptors (Lipinski definition) is 1. The van der Waals surface area contributed by atoms with Crippen LogP contribution >= 0.6 is 0 Å². The Morgan fingerprint density at radius 1 is 0.724 bits per heavy atom. The maximum absolute atomic E-state index is 6.34. The van der Waals surface area contributed by atoms with E-state index in [0.29, 0.717) is 0 Å². The highest BCUT2D eigenvalue weighted by Gasteiger charge is 2.57. The van der Waals surface area contributed by atoms with Gasteiger partial charge in [-0.15, -0.1) is 0 Å². The standard InChI is InChI=1S/C28H28O/c1-26(2)22-14-16-13-21-17(20(16)15-23(22)27(3,4)28(26,5)6)11-12-19-18-9-7-8-10-24(18)29-25(19)21/h7-12,14-15H,13H2,1-6H3. The highest BCUT2D eigenvalue weighted by atomic mass is 16.3. The van der Waals surface area contributed by atoms with E-state index in [1.54, 1.807) is 0 Å². The molecule has 2 aliphatic carbocycles. The molecule has 1 aromatic heterocycles. The molecule has 0 atom stereocenters. The van der Waals surface area contributed by atoms with Gasteiger partial charge in [0.05, 0.1) is 0 Å². The van der Waals surface area contributed by atoms with E-state index < -0.39 is 0 Å². The monoisotopic (exact) mass is 380 g/mol. The van der Waals surface area contributed by atoms with Crippen molar-refractivity contribution in [2.45, 2.75) is 58.8 Å². The third-order valence-corrected chi connectivity index (χ3v) is 9.02. The summed E-state index contributed by atoms with van der Waals surface area (Å²) < 4.78 is 6.34. The minimum Gasteiger partial charge on any atom is -0.456 e. The Morgan fingerprint density at radius 3 is 2.17 bits per heavy atom. The molecule has 0 radical (unpaired) electrons. The van der Waals surface area contributed by atoms with Crippen LogP contribution in [0.25, 0.3) is 33.1 Å². The van der Waals surface area contributed by atoms with Crippen molar-refractivity contribution in [1.29, 1.82) is 0 Å². The van der Waals surface area contributed by atoms with Gasteiger partial charge in [0.1, 0.15) is 11.2 Å². The van der Waals surface area contributed by atoms with E-state index in [4.69, 9.17) is 4.42 Å². The highest BCUT2D eigenvalue weighted by molar-refractivity contribution is 6.08. The Morgan fingerprint density at radius 2 is 1.41 bits per heavy atom. The molecule has 1 nitrogen and oxygen atoms in total. The Hall–Kier alpha value is -2.54. The maximum Gasteiger partial charge on any atom is 0.139 e. The quantitative estimate of drug-likeness (QED) is 0.268. The van der Waals surface area contributed by atoms with Gasteiger partial charge in [0.15, 0.2) is 0 Å². The molecule has 146 valence electrons. The number of hydrogen-bond donors (Lipinski definition) is 0. The lowest BCUT2D eigenvalue weighted by molar-refractivity contribution is 0.125. The van der Waals surface area contributed by atoms with E-state index in [-0.39, 0.29) is 16.2 Å². The van der Waals surface area contributed by atoms with Crippen LogP contribution in [0.1, 0.15) is 63.8 Å². The van der Waals surface area contributed by atoms with Crippen LogP contribution in [0.5, 0.6) is 0 Å². The average Bonchev–Trinajstić information content (AvgIpc) is 3.26. The lowest BCUT2D eigenvalue weighted by atomic mass is 9.59. The van der Waals surface area contributed by atoms with Gasteiger partial charge in [-0.1, -0.05) is 71.9 Å². The van der Waals surface area contributed by atoms with Crippen LogP contribution in [-0.2, 0) is 17.3 Å². The fourth-order valence-corrected chi connectivity index (χ4v) is 5.99. The van der Waals surface area contributed by atoms with E-state index >= 15 is 0 Å². The Balaban J connectivity index is 1.63. The Kier molecular flexibility index (Phi) is 2.96. The summed E-state index contributed by atoms with van der Waals surface area (Å²) in [6, 6.07) is 18.0. The zero-order chi connectivity index (χ0) is 20.3. The summed E-state index contributed by atoms with van der Waals surface area (Å²) in [6.45, 7) is 14.6. The molecular formula is C28H28O. The van der Waals surface area contributed by atoms with Crippen LogP contribution in [-0.4, -0.2) is 0 Å². The predicted molar refractivity (Wildman–Crippen MR) is 122 cm³/mol. The molecule has 0 saturated heterocycles. The summed E-state index contributed by atoms with van der Waals surface area (Å²) in [6.07, 6.45) is 0.964. The van der Waals surface area contributed by atoms with E-state index in [1.165, 1.54) is 44.2 Å². The smallest absolute Gasteiger partial charge is 0.139 e. The van der Waals surface area contributed by atoms with Gasteiger partial charge >= 0.3 is 0 Å². The molecule has 29 heavy (non-hydrogen) atoms. The van der Waals surface area contributed by atoms with E-state index in [9.17, 15) is 0 Å². The van der Waals surface area contributed by atoms with E-state index in [2.05, 4.69) is 90.1 Å². The fourth-order valence-electron chi connectivity index (χ4n) is 5.99. The maximum atomic E-state index is 6.34. The van der Waals surface area contributed by atoms with Crippen molar-refractivity contribution in [3.63, 3.8) is 0 Å². The Bertz CT molecular complexity index is 1340. The first kappa shape index (κ1) is 17.3. The fraction of sp³-hybridized carbons (Fsp3) is 0.357. The van der Waals surface area contributed by atoms with Crippen molar-refractivity contribution >= 4 is 21.9 Å². The largest absolute Gasteiger partial charge is 0.456 e. The van der Waals surface area contributed by atoms with E-state index in [1.807, 2.05) is 0 Å². The first-order chi connectivity index (χ1) is 13.6. The summed E-state index contributed by atoms with van der Waals surface area (Å²) in [5.74, 6) is 0. The zero-order valence-corrected chi connectivity index (χ0v) is 18.2. The van der Waals surface area contributed by atoms with Crippen molar-refractivity contribution < 1.29 is 4.42 Å². The molecule has 0 amide bonds. The second kappa shape index (κ2) is 4.95. The van der Waals surface area contributed by atoms with Crippen LogP contribution in [0.2, 0.25) is 0 Å². The molecule has 6 rings (SSSR count). The second-order valence-electron chi connectivity index (χ2n) is 10.7. The number of furan rings is 1. The summed E-state index contributed by atoms with van der Waals surface area (Å²) in [7, 11) is 0. The molecule has 1 heteroatoms. The molecular weight excluding hydrogens is 352 g/mol. The van der Waals surface area contributed by atoms with Gasteiger partial charge in [0, 0.05) is 22.8 Å². The summed E-state index contributed by atoms with van der Waals surface area (Å²) in [5.41, 5.74) is 11.1. The van der Waals surface area contributed by atoms with Crippen molar-refractivity contribution in [3.8, 4) is 11.1 Å². The van der Waals surface area contributed by atoms with Crippen molar-refractivity contribution in [2.75, 3.05) is 0 Å². The lowest BCUT2D eigenvalue weighted by Gasteiger charge is -2.44. The molecule has 0 bridgehead atoms. The van der Waals surface area contributed by atoms with Gasteiger partial charge in [0.25, 0.3) is 0 Å². The van der Waals surface area contributed by atoms with Crippen LogP contribution in [0, 0.1) is 5.41 Å². The van der Waals surface area contributed by atoms with Crippen LogP contribution < -0.4 is 0 Å². The SMILES string of the molecule is CC1(C)c2cc3c(cc2C(C)(C)C1(C)C)-c1ccc2c(oc4ccccc42)c1C3. The zero-order valence-electron chi connectivity index (χ0n) is 18.2. The Labute approximate surface area is 172 Å². The third kappa shape index (κ3) is 1.83. The van der Waals surface area contributed by atoms with Gasteiger partial charge in [-0.3, -0.25) is 0 Å². The summed E-state index contributed by atoms with van der Waals surface area (Å²) >= 11 is 0. The van der Waals surface area contributed by atoms with E-state index in [0.717, 1.165) is 17.6 Å². The van der Waals surface area contributed by atoms with Crippen LogP contribution in [0.3, 0.4) is 0 Å². The molecule has 0 spiro atoms. The van der Waals surface area contributed by atoms with Crippen molar-refractivity contribution in [1.82, 2.24) is 0 Å². The van der Waals surface area contributed by atoms with Crippen molar-refractivity contribution in [2.24, 2.45) is 5.41 Å². The molecule has 3 aromatic carbocycles. The van der Waals surface area contributed by atoms with Crippen LogP contribution in [0.15, 0.2) is 52.9 Å². The normalized spacial score (nSPS) is 20.1. The number of benzene rings is 3. The van der Waals surface area contributed by atoms with Gasteiger partial charge < -0.3 is 4.42 Å². The number of para-hydroxylation sites is 1. The number of rotatable bonds is 0. The molecule has 0 saturated carbocycles. The highest BCUT2D eigenvalue weighted by Crippen LogP contribution is 2.62. The first-order valence-corrected chi connectivity index (χ1v) is 10.8. The molecule has 2 aliphatic rings. The van der Waals surface area contributed by atoms with Crippen LogP contribution in [0.4, 0.5) is 0 Å². The lowest BCUT2D eigenvalue weighted by Crippen LogP contribution is -2.42.